The number of carbonyl (C=O) groups excluding carboxylic acids is 1. The van der Waals surface area contributed by atoms with E-state index >= 15 is 0 Å². The van der Waals surface area contributed by atoms with Gasteiger partial charge in [0.15, 0.2) is 12.0 Å². The molecule has 4 rings (SSSR count). The molecule has 0 aliphatic rings. The number of pyridine rings is 2. The van der Waals surface area contributed by atoms with Crippen molar-refractivity contribution in [1.29, 1.82) is 0 Å². The summed E-state index contributed by atoms with van der Waals surface area (Å²) in [6.07, 6.45) is 6.02. The summed E-state index contributed by atoms with van der Waals surface area (Å²) in [5.74, 6) is 1.29. The van der Waals surface area contributed by atoms with Crippen LogP contribution in [0.1, 0.15) is 35.5 Å². The Morgan fingerprint density at radius 2 is 1.20 bits per heavy atom. The van der Waals surface area contributed by atoms with Gasteiger partial charge in [0.2, 0.25) is 0 Å². The molecular formula is C28H26Br2Cl2ILiMgN2O3. The molecule has 0 amide bonds. The topological polar surface area (TPSA) is 61.3 Å². The van der Waals surface area contributed by atoms with Crippen molar-refractivity contribution in [3.05, 3.63) is 121 Å². The smallest absolute Gasteiger partial charge is 1.00 e. The summed E-state index contributed by atoms with van der Waals surface area (Å²) in [6, 6.07) is 23.5. The Morgan fingerprint density at radius 1 is 0.800 bits per heavy atom. The van der Waals surface area contributed by atoms with Crippen LogP contribution in [0.5, 0.6) is 11.5 Å². The molecule has 0 spiro atoms. The van der Waals surface area contributed by atoms with E-state index in [4.69, 9.17) is 9.47 Å². The number of hydrogen-bond acceptors (Lipinski definition) is 5. The van der Waals surface area contributed by atoms with E-state index in [0.717, 1.165) is 29.5 Å². The summed E-state index contributed by atoms with van der Waals surface area (Å²) in [4.78, 5) is 19.0. The number of ether oxygens (including phenoxy) is 2. The predicted molar refractivity (Wildman–Crippen MR) is 165 cm³/mol. The van der Waals surface area contributed by atoms with Crippen LogP contribution in [0.15, 0.2) is 94.1 Å². The van der Waals surface area contributed by atoms with Crippen LogP contribution in [0.25, 0.3) is 0 Å². The van der Waals surface area contributed by atoms with E-state index in [-0.39, 0.29) is 66.7 Å². The second kappa shape index (κ2) is 26.3. The van der Waals surface area contributed by atoms with Gasteiger partial charge in [-0.15, -0.1) is 0 Å². The van der Waals surface area contributed by atoms with Gasteiger partial charge in [0.1, 0.15) is 28.4 Å². The maximum absolute atomic E-state index is 10.8. The van der Waals surface area contributed by atoms with Crippen molar-refractivity contribution in [3.8, 4) is 11.5 Å². The molecule has 2 aromatic heterocycles. The van der Waals surface area contributed by atoms with Gasteiger partial charge in [-0.05, 0) is 77.7 Å². The van der Waals surface area contributed by atoms with Crippen LogP contribution in [0.2, 0.25) is 0 Å². The van der Waals surface area contributed by atoms with Gasteiger partial charge in [-0.2, -0.15) is 13.8 Å². The van der Waals surface area contributed by atoms with Crippen LogP contribution in [0.4, 0.5) is 0 Å². The maximum Gasteiger partial charge on any atom is 2.00 e. The Hall–Kier alpha value is -0.356. The minimum atomic E-state index is 0. The Kier molecular flexibility index (Phi) is 29.0. The SMILES string of the molecule is Brc1cnc(I)c(OCc2ccccc2)c1.C[CH-]C.O=Cc1ncc(Br)cc1OCc1ccccc1.[Cl-].[Cl-].[Li+].[Mg+2]. The van der Waals surface area contributed by atoms with E-state index in [1.54, 1.807) is 18.5 Å². The molecule has 0 atom stereocenters. The van der Waals surface area contributed by atoms with Crippen molar-refractivity contribution in [1.82, 2.24) is 9.97 Å². The Bertz CT molecular complexity index is 1220. The predicted octanol–water partition coefficient (Wildman–Crippen LogP) is -0.875. The molecule has 2 aromatic carbocycles. The number of carbonyl (C=O) groups is 1. The van der Waals surface area contributed by atoms with Crippen LogP contribution in [0.3, 0.4) is 0 Å². The number of nitrogens with zero attached hydrogens (tertiary/aromatic N) is 2. The van der Waals surface area contributed by atoms with E-state index < -0.39 is 0 Å². The number of benzene rings is 2. The molecule has 0 saturated carbocycles. The first kappa shape index (κ1) is 44.1. The van der Waals surface area contributed by atoms with Crippen LogP contribution in [-0.2, 0) is 13.2 Å². The van der Waals surface area contributed by atoms with E-state index in [0.29, 0.717) is 30.9 Å². The zero-order chi connectivity index (χ0) is 26.2. The summed E-state index contributed by atoms with van der Waals surface area (Å²) in [5, 5.41) is 0. The molecule has 40 heavy (non-hydrogen) atoms. The van der Waals surface area contributed by atoms with Crippen LogP contribution in [-0.4, -0.2) is 39.3 Å². The number of rotatable bonds is 7. The van der Waals surface area contributed by atoms with Crippen LogP contribution < -0.4 is 53.1 Å². The molecule has 0 N–H and O–H groups in total. The van der Waals surface area contributed by atoms with Gasteiger partial charge in [0.05, 0.1) is 0 Å². The quantitative estimate of drug-likeness (QED) is 0.0799. The second-order valence-electron chi connectivity index (χ2n) is 7.22. The molecule has 0 radical (unpaired) electrons. The van der Waals surface area contributed by atoms with Gasteiger partial charge in [-0.25, -0.2) is 9.97 Å². The van der Waals surface area contributed by atoms with Crippen molar-refractivity contribution in [3.63, 3.8) is 0 Å². The molecule has 0 aliphatic heterocycles. The molecule has 4 aromatic rings. The van der Waals surface area contributed by atoms with Gasteiger partial charge in [0.25, 0.3) is 0 Å². The zero-order valence-electron chi connectivity index (χ0n) is 22.4. The number of hydrogen-bond donors (Lipinski definition) is 0. The van der Waals surface area contributed by atoms with E-state index in [1.165, 1.54) is 0 Å². The molecule has 0 bridgehead atoms. The molecular weight excluding hydrogens is 801 g/mol. The van der Waals surface area contributed by atoms with Gasteiger partial charge in [0, 0.05) is 21.3 Å². The van der Waals surface area contributed by atoms with E-state index in [2.05, 4.69) is 64.4 Å². The number of aldehydes is 1. The van der Waals surface area contributed by atoms with Crippen molar-refractivity contribution in [2.45, 2.75) is 27.1 Å². The summed E-state index contributed by atoms with van der Waals surface area (Å²) in [7, 11) is 0. The monoisotopic (exact) mass is 824 g/mol. The summed E-state index contributed by atoms with van der Waals surface area (Å²) in [5.41, 5.74) is 2.51. The van der Waals surface area contributed by atoms with Gasteiger partial charge in [-0.1, -0.05) is 60.7 Å². The summed E-state index contributed by atoms with van der Waals surface area (Å²) < 4.78 is 13.9. The third kappa shape index (κ3) is 17.6. The van der Waals surface area contributed by atoms with Crippen molar-refractivity contribution in [2.24, 2.45) is 0 Å². The van der Waals surface area contributed by atoms with E-state index in [9.17, 15) is 4.79 Å². The maximum atomic E-state index is 10.8. The average molecular weight is 827 g/mol. The van der Waals surface area contributed by atoms with Gasteiger partial charge < -0.3 is 40.7 Å². The van der Waals surface area contributed by atoms with Crippen molar-refractivity contribution < 1.29 is 57.9 Å². The summed E-state index contributed by atoms with van der Waals surface area (Å²) in [6.45, 7) is 4.98. The first-order valence-electron chi connectivity index (χ1n) is 11.0. The first-order valence-corrected chi connectivity index (χ1v) is 13.6. The fraction of sp³-hybridized carbons (Fsp3) is 0.143. The minimum Gasteiger partial charge on any atom is -1.00 e. The standard InChI is InChI=1S/C13H10BrNO2.C12H9BrINO.C3H7.2ClH.Li.Mg/c14-11-6-13(12(8-16)15-7-11)17-9-10-4-2-1-3-5-10;13-10-6-11(12(14)15-7-10)16-8-9-4-2-1-3-5-9;1-3-2;;;;/h1-8H,9H2;1-7H,8H2;3H,1-2H3;2*1H;;/q;;-1;;;+1;+2/p-2. The molecule has 0 aliphatic carbocycles. The number of halogens is 5. The Balaban J connectivity index is -0.000000572. The Labute approximate surface area is 308 Å². The van der Waals surface area contributed by atoms with Gasteiger partial charge >= 0.3 is 41.9 Å². The normalized spacial score (nSPS) is 8.72. The van der Waals surface area contributed by atoms with E-state index in [1.807, 2.05) is 87.0 Å². The first-order chi connectivity index (χ1) is 17.5. The number of aromatic nitrogens is 2. The van der Waals surface area contributed by atoms with Crippen molar-refractivity contribution >= 4 is 83.8 Å². The molecule has 5 nitrogen and oxygen atoms in total. The van der Waals surface area contributed by atoms with Crippen molar-refractivity contribution in [2.75, 3.05) is 0 Å². The third-order valence-electron chi connectivity index (χ3n) is 4.21. The molecule has 0 saturated heterocycles. The van der Waals surface area contributed by atoms with Gasteiger partial charge in [-0.3, -0.25) is 4.79 Å². The second-order valence-corrected chi connectivity index (χ2v) is 10.1. The largest absolute Gasteiger partial charge is 2.00 e. The minimum absolute atomic E-state index is 0. The summed E-state index contributed by atoms with van der Waals surface area (Å²) >= 11 is 8.83. The fourth-order valence-electron chi connectivity index (χ4n) is 2.61. The Morgan fingerprint density at radius 3 is 1.65 bits per heavy atom. The molecule has 0 fully saturated rings. The molecule has 0 unspecified atom stereocenters. The molecule has 204 valence electrons. The van der Waals surface area contributed by atoms with Crippen LogP contribution in [0, 0.1) is 10.1 Å². The molecule has 2 heterocycles. The zero-order valence-corrected chi connectivity index (χ0v) is 30.6. The van der Waals surface area contributed by atoms with Crippen LogP contribution >= 0.6 is 54.5 Å². The molecule has 12 heteroatoms. The average Bonchev–Trinajstić information content (AvgIpc) is 2.90. The fourth-order valence-corrected chi connectivity index (χ4v) is 3.68. The third-order valence-corrected chi connectivity index (χ3v) is 5.89.